The standard InChI is InChI=1S/C30H35FN8O3/c1-6-19(2)39-18-22(21-8-7-11-32-26(21)39)25-23(31)17-34-28(36-25)35-24-10-9-20(16-33-24)27(40)37-12-14-38(15-13-37)29(41)42-30(3,4)5/h7-11,16-19H,6,12-15H2,1-5H3,(H,33,34,35,36). The van der Waals surface area contributed by atoms with Crippen LogP contribution in [0, 0.1) is 5.82 Å². The third-order valence-electron chi connectivity index (χ3n) is 7.12. The maximum atomic E-state index is 15.0. The molecule has 0 aromatic carbocycles. The number of hydrogen-bond acceptors (Lipinski definition) is 8. The van der Waals surface area contributed by atoms with E-state index in [1.54, 1.807) is 28.1 Å². The Morgan fingerprint density at radius 3 is 2.45 bits per heavy atom. The van der Waals surface area contributed by atoms with Gasteiger partial charge in [0.25, 0.3) is 5.91 Å². The van der Waals surface area contributed by atoms with Gasteiger partial charge in [-0.3, -0.25) is 4.79 Å². The fourth-order valence-corrected chi connectivity index (χ4v) is 4.73. The van der Waals surface area contributed by atoms with Crippen molar-refractivity contribution in [2.24, 2.45) is 0 Å². The smallest absolute Gasteiger partial charge is 0.410 e. The molecule has 1 aliphatic heterocycles. The number of hydrogen-bond donors (Lipinski definition) is 1. The first-order chi connectivity index (χ1) is 20.0. The fourth-order valence-electron chi connectivity index (χ4n) is 4.73. The highest BCUT2D eigenvalue weighted by atomic mass is 19.1. The number of nitrogens with one attached hydrogen (secondary N) is 1. The second-order valence-electron chi connectivity index (χ2n) is 11.3. The van der Waals surface area contributed by atoms with Crippen molar-refractivity contribution < 1.29 is 18.7 Å². The van der Waals surface area contributed by atoms with Crippen molar-refractivity contribution in [3.63, 3.8) is 0 Å². The summed E-state index contributed by atoms with van der Waals surface area (Å²) in [5.74, 6) is -0.148. The Labute approximate surface area is 243 Å². The minimum atomic E-state index is -0.572. The summed E-state index contributed by atoms with van der Waals surface area (Å²) in [5, 5.41) is 3.81. The van der Waals surface area contributed by atoms with Crippen LogP contribution in [0.5, 0.6) is 0 Å². The third-order valence-corrected chi connectivity index (χ3v) is 7.12. The number of anilines is 2. The van der Waals surface area contributed by atoms with Crippen molar-refractivity contribution in [1.82, 2.24) is 34.3 Å². The molecule has 0 radical (unpaired) electrons. The van der Waals surface area contributed by atoms with Crippen LogP contribution >= 0.6 is 0 Å². The third kappa shape index (κ3) is 6.17. The largest absolute Gasteiger partial charge is 0.444 e. The summed E-state index contributed by atoms with van der Waals surface area (Å²) in [6.45, 7) is 11.2. The first-order valence-electron chi connectivity index (χ1n) is 14.0. The van der Waals surface area contributed by atoms with Gasteiger partial charge in [-0.1, -0.05) is 6.92 Å². The van der Waals surface area contributed by atoms with Gasteiger partial charge in [-0.05, 0) is 58.4 Å². The molecule has 2 amide bonds. The number of rotatable bonds is 6. The lowest BCUT2D eigenvalue weighted by Crippen LogP contribution is -2.51. The molecule has 1 unspecified atom stereocenters. The second-order valence-corrected chi connectivity index (χ2v) is 11.3. The minimum Gasteiger partial charge on any atom is -0.444 e. The van der Waals surface area contributed by atoms with Crippen LogP contribution in [0.25, 0.3) is 22.3 Å². The number of halogens is 1. The lowest BCUT2D eigenvalue weighted by atomic mass is 10.1. The Morgan fingerprint density at radius 2 is 1.79 bits per heavy atom. The van der Waals surface area contributed by atoms with E-state index in [1.807, 2.05) is 43.7 Å². The molecule has 4 aromatic heterocycles. The van der Waals surface area contributed by atoms with Gasteiger partial charge in [-0.25, -0.2) is 29.1 Å². The molecular weight excluding hydrogens is 539 g/mol. The number of ether oxygens (including phenoxy) is 1. The summed E-state index contributed by atoms with van der Waals surface area (Å²) >= 11 is 0. The molecule has 0 saturated carbocycles. The summed E-state index contributed by atoms with van der Waals surface area (Å²) in [6, 6.07) is 7.21. The number of carbonyl (C=O) groups excluding carboxylic acids is 2. The molecule has 1 atom stereocenters. The molecule has 1 aliphatic rings. The predicted molar refractivity (Wildman–Crippen MR) is 157 cm³/mol. The van der Waals surface area contributed by atoms with Gasteiger partial charge in [-0.2, -0.15) is 0 Å². The summed E-state index contributed by atoms with van der Waals surface area (Å²) < 4.78 is 22.5. The van der Waals surface area contributed by atoms with E-state index in [1.165, 1.54) is 6.20 Å². The zero-order valence-electron chi connectivity index (χ0n) is 24.5. The van der Waals surface area contributed by atoms with Crippen LogP contribution in [0.2, 0.25) is 0 Å². The van der Waals surface area contributed by atoms with Crippen LogP contribution in [0.1, 0.15) is 57.4 Å². The van der Waals surface area contributed by atoms with Crippen molar-refractivity contribution in [2.75, 3.05) is 31.5 Å². The number of carbonyl (C=O) groups is 2. The maximum Gasteiger partial charge on any atom is 0.410 e. The van der Waals surface area contributed by atoms with Gasteiger partial charge in [0.15, 0.2) is 5.82 Å². The number of fused-ring (bicyclic) bond motifs is 1. The Morgan fingerprint density at radius 1 is 1.05 bits per heavy atom. The number of amides is 2. The molecule has 5 rings (SSSR count). The van der Waals surface area contributed by atoms with Crippen molar-refractivity contribution in [1.29, 1.82) is 0 Å². The van der Waals surface area contributed by atoms with E-state index in [0.29, 0.717) is 43.1 Å². The van der Waals surface area contributed by atoms with E-state index in [9.17, 15) is 9.59 Å². The molecule has 0 spiro atoms. The first kappa shape index (κ1) is 28.9. The molecule has 42 heavy (non-hydrogen) atoms. The van der Waals surface area contributed by atoms with Crippen LogP contribution < -0.4 is 5.32 Å². The Kier molecular flexibility index (Phi) is 8.06. The lowest BCUT2D eigenvalue weighted by molar-refractivity contribution is 0.0141. The molecule has 0 bridgehead atoms. The van der Waals surface area contributed by atoms with Crippen LogP contribution in [0.3, 0.4) is 0 Å². The van der Waals surface area contributed by atoms with Crippen LogP contribution in [0.15, 0.2) is 49.1 Å². The number of pyridine rings is 2. The average Bonchev–Trinajstić information content (AvgIpc) is 3.36. The normalized spacial score (nSPS) is 14.6. The Balaban J connectivity index is 1.28. The molecule has 0 aliphatic carbocycles. The quantitative estimate of drug-likeness (QED) is 0.324. The fraction of sp³-hybridized carbons (Fsp3) is 0.400. The van der Waals surface area contributed by atoms with Gasteiger partial charge >= 0.3 is 6.09 Å². The monoisotopic (exact) mass is 574 g/mol. The van der Waals surface area contributed by atoms with E-state index in [2.05, 4.69) is 39.1 Å². The number of aromatic nitrogens is 5. The number of piperazine rings is 1. The molecule has 12 heteroatoms. The van der Waals surface area contributed by atoms with Gasteiger partial charge in [-0.15, -0.1) is 0 Å². The van der Waals surface area contributed by atoms with E-state index < -0.39 is 11.4 Å². The minimum absolute atomic E-state index is 0.157. The Hall–Kier alpha value is -4.61. The average molecular weight is 575 g/mol. The Bertz CT molecular complexity index is 1590. The first-order valence-corrected chi connectivity index (χ1v) is 14.0. The van der Waals surface area contributed by atoms with Crippen molar-refractivity contribution >= 4 is 34.8 Å². The highest BCUT2D eigenvalue weighted by Crippen LogP contribution is 2.33. The summed E-state index contributed by atoms with van der Waals surface area (Å²) in [4.78, 5) is 46.1. The van der Waals surface area contributed by atoms with E-state index >= 15 is 4.39 Å². The van der Waals surface area contributed by atoms with Gasteiger partial charge in [0.05, 0.1) is 11.8 Å². The molecule has 1 saturated heterocycles. The van der Waals surface area contributed by atoms with Crippen LogP contribution in [0.4, 0.5) is 21.0 Å². The van der Waals surface area contributed by atoms with Gasteiger partial charge < -0.3 is 24.4 Å². The van der Waals surface area contributed by atoms with E-state index in [0.717, 1.165) is 23.7 Å². The van der Waals surface area contributed by atoms with Crippen LogP contribution in [-0.4, -0.2) is 78.1 Å². The SMILES string of the molecule is CCC(C)n1cc(-c2nc(Nc3ccc(C(=O)N4CCN(C(=O)OC(C)(C)C)CC4)cn3)ncc2F)c2cccnc21. The van der Waals surface area contributed by atoms with Crippen molar-refractivity contribution in [3.8, 4) is 11.3 Å². The summed E-state index contributed by atoms with van der Waals surface area (Å²) in [7, 11) is 0. The molecular formula is C30H35FN8O3. The van der Waals surface area contributed by atoms with Crippen molar-refractivity contribution in [3.05, 3.63) is 60.4 Å². The summed E-state index contributed by atoms with van der Waals surface area (Å²) in [6.07, 6.45) is 6.72. The highest BCUT2D eigenvalue weighted by Gasteiger charge is 2.28. The lowest BCUT2D eigenvalue weighted by Gasteiger charge is -2.35. The zero-order valence-corrected chi connectivity index (χ0v) is 24.5. The van der Waals surface area contributed by atoms with Gasteiger partial charge in [0.2, 0.25) is 5.95 Å². The maximum absolute atomic E-state index is 15.0. The predicted octanol–water partition coefficient (Wildman–Crippen LogP) is 5.43. The van der Waals surface area contributed by atoms with E-state index in [-0.39, 0.29) is 29.7 Å². The highest BCUT2D eigenvalue weighted by molar-refractivity contribution is 5.94. The molecule has 1 N–H and O–H groups in total. The topological polar surface area (TPSA) is 118 Å². The summed E-state index contributed by atoms with van der Waals surface area (Å²) in [5.41, 5.74) is 1.39. The number of nitrogens with zero attached hydrogens (tertiary/aromatic N) is 7. The molecule has 5 heterocycles. The molecule has 220 valence electrons. The molecule has 11 nitrogen and oxygen atoms in total. The van der Waals surface area contributed by atoms with Crippen LogP contribution in [-0.2, 0) is 4.74 Å². The molecule has 1 fully saturated rings. The van der Waals surface area contributed by atoms with Crippen molar-refractivity contribution in [2.45, 2.75) is 52.7 Å². The van der Waals surface area contributed by atoms with E-state index in [4.69, 9.17) is 4.74 Å². The van der Waals surface area contributed by atoms with Gasteiger partial charge in [0.1, 0.15) is 22.8 Å². The second kappa shape index (κ2) is 11.7. The molecule has 4 aromatic rings. The van der Waals surface area contributed by atoms with Gasteiger partial charge in [0, 0.05) is 61.8 Å². The zero-order chi connectivity index (χ0) is 30.0.